The predicted octanol–water partition coefficient (Wildman–Crippen LogP) is 1.47. The largest absolute Gasteiger partial charge is 0.375 e. The molecular formula is C13H20N4OS. The van der Waals surface area contributed by atoms with E-state index >= 15 is 0 Å². The summed E-state index contributed by atoms with van der Waals surface area (Å²) < 4.78 is 0. The lowest BCUT2D eigenvalue weighted by atomic mass is 10.1. The van der Waals surface area contributed by atoms with Crippen LogP contribution in [0.3, 0.4) is 0 Å². The number of amides is 1. The molecule has 6 heteroatoms. The monoisotopic (exact) mass is 280 g/mol. The smallest absolute Gasteiger partial charge is 0.263 e. The van der Waals surface area contributed by atoms with E-state index in [2.05, 4.69) is 15.2 Å². The molecule has 0 radical (unpaired) electrons. The van der Waals surface area contributed by atoms with Gasteiger partial charge in [-0.05, 0) is 38.8 Å². The molecule has 1 amide bonds. The Bertz CT molecular complexity index is 463. The Kier molecular flexibility index (Phi) is 3.45. The Labute approximate surface area is 117 Å². The number of anilines is 1. The number of hydrogen-bond donors (Lipinski definition) is 2. The third-order valence-electron chi connectivity index (χ3n) is 3.95. The summed E-state index contributed by atoms with van der Waals surface area (Å²) in [6, 6.07) is 0. The summed E-state index contributed by atoms with van der Waals surface area (Å²) in [5, 5.41) is 3.63. The van der Waals surface area contributed by atoms with Gasteiger partial charge in [0.05, 0.1) is 11.7 Å². The highest BCUT2D eigenvalue weighted by Crippen LogP contribution is 2.37. The zero-order chi connectivity index (χ0) is 13.3. The third-order valence-corrected chi connectivity index (χ3v) is 4.78. The molecule has 3 N–H and O–H groups in total. The fourth-order valence-corrected chi connectivity index (χ4v) is 3.29. The molecule has 0 bridgehead atoms. The fraction of sp³-hybridized carbons (Fsp3) is 0.692. The van der Waals surface area contributed by atoms with Gasteiger partial charge < -0.3 is 16.0 Å². The molecule has 1 aromatic rings. The molecule has 2 aliphatic rings. The first-order chi connectivity index (χ1) is 9.17. The van der Waals surface area contributed by atoms with E-state index in [0.717, 1.165) is 19.4 Å². The Morgan fingerprint density at radius 2 is 2.16 bits per heavy atom. The summed E-state index contributed by atoms with van der Waals surface area (Å²) >= 11 is 1.25. The second-order valence-electron chi connectivity index (χ2n) is 5.63. The minimum absolute atomic E-state index is 0.00712. The molecule has 1 aliphatic heterocycles. The van der Waals surface area contributed by atoms with Crippen LogP contribution >= 0.6 is 11.3 Å². The molecule has 2 heterocycles. The van der Waals surface area contributed by atoms with Crippen LogP contribution in [0.5, 0.6) is 0 Å². The molecule has 3 rings (SSSR count). The van der Waals surface area contributed by atoms with Gasteiger partial charge in [-0.1, -0.05) is 17.8 Å². The Morgan fingerprint density at radius 1 is 1.42 bits per heavy atom. The number of thiazole rings is 1. The molecular weight excluding hydrogens is 260 g/mol. The van der Waals surface area contributed by atoms with Crippen LogP contribution < -0.4 is 11.1 Å². The van der Waals surface area contributed by atoms with Crippen LogP contribution in [0.4, 0.5) is 5.13 Å². The van der Waals surface area contributed by atoms with Crippen LogP contribution in [0.1, 0.15) is 41.8 Å². The van der Waals surface area contributed by atoms with Crippen molar-refractivity contribution in [2.75, 3.05) is 25.4 Å². The number of aromatic nitrogens is 1. The van der Waals surface area contributed by atoms with Gasteiger partial charge in [0.2, 0.25) is 0 Å². The number of rotatable bonds is 4. The average Bonchev–Trinajstić information content (AvgIpc) is 2.99. The number of likely N-dealkylation sites (tertiary alicyclic amines) is 1. The molecule has 5 nitrogen and oxygen atoms in total. The van der Waals surface area contributed by atoms with E-state index in [-0.39, 0.29) is 11.4 Å². The average molecular weight is 280 g/mol. The lowest BCUT2D eigenvalue weighted by molar-refractivity contribution is 0.0915. The van der Waals surface area contributed by atoms with Gasteiger partial charge in [-0.15, -0.1) is 0 Å². The SMILES string of the molecule is Nc1ncc(C(=O)NC2(CN3CCCCC3)CC2)s1. The van der Waals surface area contributed by atoms with Gasteiger partial charge in [0, 0.05) is 6.54 Å². The van der Waals surface area contributed by atoms with Crippen LogP contribution in [0, 0.1) is 0 Å². The van der Waals surface area contributed by atoms with E-state index in [0.29, 0.717) is 10.0 Å². The van der Waals surface area contributed by atoms with Gasteiger partial charge in [0.1, 0.15) is 4.88 Å². The van der Waals surface area contributed by atoms with E-state index in [1.54, 1.807) is 6.20 Å². The van der Waals surface area contributed by atoms with Gasteiger partial charge in [-0.25, -0.2) is 4.98 Å². The van der Waals surface area contributed by atoms with Crippen molar-refractivity contribution in [3.05, 3.63) is 11.1 Å². The number of carbonyl (C=O) groups excluding carboxylic acids is 1. The summed E-state index contributed by atoms with van der Waals surface area (Å²) in [5.74, 6) is -0.0243. The zero-order valence-electron chi connectivity index (χ0n) is 11.0. The van der Waals surface area contributed by atoms with Gasteiger partial charge >= 0.3 is 0 Å². The van der Waals surface area contributed by atoms with Crippen molar-refractivity contribution in [2.24, 2.45) is 0 Å². The lowest BCUT2D eigenvalue weighted by Gasteiger charge is -2.30. The molecule has 0 atom stereocenters. The fourth-order valence-electron chi connectivity index (χ4n) is 2.71. The van der Waals surface area contributed by atoms with Crippen molar-refractivity contribution < 1.29 is 4.79 Å². The second-order valence-corrected chi connectivity index (χ2v) is 6.70. The number of piperidine rings is 1. The van der Waals surface area contributed by atoms with Crippen LogP contribution in [0.2, 0.25) is 0 Å². The minimum atomic E-state index is -0.0243. The number of nitrogen functional groups attached to an aromatic ring is 1. The summed E-state index contributed by atoms with van der Waals surface area (Å²) in [5.41, 5.74) is 5.57. The Balaban J connectivity index is 1.57. The predicted molar refractivity (Wildman–Crippen MR) is 76.2 cm³/mol. The van der Waals surface area contributed by atoms with Gasteiger partial charge in [0.15, 0.2) is 5.13 Å². The molecule has 1 aromatic heterocycles. The highest BCUT2D eigenvalue weighted by molar-refractivity contribution is 7.17. The quantitative estimate of drug-likeness (QED) is 0.876. The summed E-state index contributed by atoms with van der Waals surface area (Å²) in [7, 11) is 0. The molecule has 1 aliphatic carbocycles. The van der Waals surface area contributed by atoms with E-state index in [1.807, 2.05) is 0 Å². The Morgan fingerprint density at radius 3 is 2.74 bits per heavy atom. The van der Waals surface area contributed by atoms with Crippen molar-refractivity contribution in [3.63, 3.8) is 0 Å². The highest BCUT2D eigenvalue weighted by atomic mass is 32.1. The maximum absolute atomic E-state index is 12.1. The number of nitrogens with one attached hydrogen (secondary N) is 1. The summed E-state index contributed by atoms with van der Waals surface area (Å²) in [4.78, 5) is 19.2. The lowest BCUT2D eigenvalue weighted by Crippen LogP contribution is -2.47. The van der Waals surface area contributed by atoms with Crippen molar-refractivity contribution >= 4 is 22.4 Å². The molecule has 0 unspecified atom stereocenters. The second kappa shape index (κ2) is 5.09. The van der Waals surface area contributed by atoms with Crippen LogP contribution in [-0.2, 0) is 0 Å². The third kappa shape index (κ3) is 3.06. The van der Waals surface area contributed by atoms with Crippen LogP contribution in [0.25, 0.3) is 0 Å². The summed E-state index contributed by atoms with van der Waals surface area (Å²) in [6.07, 6.45) is 7.65. The standard InChI is InChI=1S/C13H20N4OS/c14-12-15-8-10(19-12)11(18)16-13(4-5-13)9-17-6-2-1-3-7-17/h8H,1-7,9H2,(H2,14,15)(H,16,18). The first-order valence-electron chi connectivity index (χ1n) is 6.93. The first kappa shape index (κ1) is 12.9. The van der Waals surface area contributed by atoms with Crippen molar-refractivity contribution in [3.8, 4) is 0 Å². The first-order valence-corrected chi connectivity index (χ1v) is 7.75. The van der Waals surface area contributed by atoms with E-state index in [4.69, 9.17) is 5.73 Å². The molecule has 0 aromatic carbocycles. The Hall–Kier alpha value is -1.14. The van der Waals surface area contributed by atoms with Gasteiger partial charge in [-0.2, -0.15) is 0 Å². The zero-order valence-corrected chi connectivity index (χ0v) is 11.8. The minimum Gasteiger partial charge on any atom is -0.375 e. The van der Waals surface area contributed by atoms with Crippen LogP contribution in [0.15, 0.2) is 6.20 Å². The highest BCUT2D eigenvalue weighted by Gasteiger charge is 2.45. The normalized spacial score (nSPS) is 22.1. The number of hydrogen-bond acceptors (Lipinski definition) is 5. The van der Waals surface area contributed by atoms with Crippen molar-refractivity contribution in [2.45, 2.75) is 37.6 Å². The molecule has 0 spiro atoms. The van der Waals surface area contributed by atoms with E-state index in [1.165, 1.54) is 43.7 Å². The van der Waals surface area contributed by atoms with Gasteiger partial charge in [0.25, 0.3) is 5.91 Å². The molecule has 19 heavy (non-hydrogen) atoms. The van der Waals surface area contributed by atoms with E-state index < -0.39 is 0 Å². The number of nitrogens with zero attached hydrogens (tertiary/aromatic N) is 2. The number of nitrogens with two attached hydrogens (primary N) is 1. The molecule has 2 fully saturated rings. The number of carbonyl (C=O) groups is 1. The maximum atomic E-state index is 12.1. The van der Waals surface area contributed by atoms with E-state index in [9.17, 15) is 4.79 Å². The summed E-state index contributed by atoms with van der Waals surface area (Å²) in [6.45, 7) is 3.34. The molecule has 1 saturated carbocycles. The molecule has 1 saturated heterocycles. The van der Waals surface area contributed by atoms with Crippen LogP contribution in [-0.4, -0.2) is 41.0 Å². The molecule has 104 valence electrons. The topological polar surface area (TPSA) is 71.2 Å². The van der Waals surface area contributed by atoms with Crippen molar-refractivity contribution in [1.82, 2.24) is 15.2 Å². The maximum Gasteiger partial charge on any atom is 0.263 e. The van der Waals surface area contributed by atoms with Gasteiger partial charge in [-0.3, -0.25) is 4.79 Å². The van der Waals surface area contributed by atoms with Crippen molar-refractivity contribution in [1.29, 1.82) is 0 Å².